The van der Waals surface area contributed by atoms with Crippen molar-refractivity contribution in [1.82, 2.24) is 9.13 Å². The van der Waals surface area contributed by atoms with Crippen LogP contribution < -0.4 is 26.2 Å². The fourth-order valence-corrected chi connectivity index (χ4v) is 20.6. The normalized spacial score (nSPS) is 15.3. The van der Waals surface area contributed by atoms with E-state index >= 15 is 0 Å². The highest BCUT2D eigenvalue weighted by molar-refractivity contribution is 7.00. The van der Waals surface area contributed by atoms with Crippen LogP contribution in [0.1, 0.15) is 103 Å². The smallest absolute Gasteiger partial charge is 0.252 e. The summed E-state index contributed by atoms with van der Waals surface area (Å²) in [5, 5.41) is 4.85. The largest absolute Gasteiger partial charge is 0.311 e. The number of anilines is 6. The van der Waals surface area contributed by atoms with Crippen LogP contribution in [0.5, 0.6) is 0 Å². The van der Waals surface area contributed by atoms with Gasteiger partial charge in [0.2, 0.25) is 0 Å². The van der Waals surface area contributed by atoms with E-state index in [-0.39, 0.29) is 28.4 Å². The lowest BCUT2D eigenvalue weighted by molar-refractivity contribution is 0.332. The Labute approximate surface area is 687 Å². The van der Waals surface area contributed by atoms with E-state index in [0.717, 1.165) is 91.5 Å². The van der Waals surface area contributed by atoms with Crippen LogP contribution in [0.3, 0.4) is 0 Å². The molecule has 2 aliphatic heterocycles. The van der Waals surface area contributed by atoms with Gasteiger partial charge in [-0.2, -0.15) is 0 Å². The number of hydrogen-bond acceptors (Lipinski definition) is 2. The SMILES string of the molecule is CC1(C)CCC(C)(C)c2cc(-c3ccc(N4c5cc(-n6c7ccc(-c8ccccc8)cc7c7cc(-c8ccccc8)ccc76)ccc5B5c6ccc(-n7c8ccc(-c9ccccc9)cc8c8cc(-c9ccccc9)ccc87)cc6N(c6ccc(-c7ccc8c(c7)C(C)(C)CCC8(C)C)cc6)c6cc(-c7ccccc7)cc4c65)cc3)ccc21. The van der Waals surface area contributed by atoms with Crippen molar-refractivity contribution in [3.63, 3.8) is 0 Å². The lowest BCUT2D eigenvalue weighted by atomic mass is 9.33. The molecule has 4 aliphatic rings. The first-order chi connectivity index (χ1) is 56.9. The summed E-state index contributed by atoms with van der Waals surface area (Å²) < 4.78 is 5.07. The van der Waals surface area contributed by atoms with Crippen LogP contribution in [0.25, 0.3) is 133 Å². The highest BCUT2D eigenvalue weighted by Gasteiger charge is 2.45. The Morgan fingerprint density at radius 1 is 0.205 bits per heavy atom. The van der Waals surface area contributed by atoms with Crippen LogP contribution in [0.15, 0.2) is 358 Å². The third-order valence-corrected chi connectivity index (χ3v) is 27.2. The zero-order valence-electron chi connectivity index (χ0n) is 67.8. The first-order valence-electron chi connectivity index (χ1n) is 42.0. The van der Waals surface area contributed by atoms with Crippen LogP contribution in [0.4, 0.5) is 34.1 Å². The second kappa shape index (κ2) is 26.7. The summed E-state index contributed by atoms with van der Waals surface area (Å²) >= 11 is 0. The molecule has 117 heavy (non-hydrogen) atoms. The molecule has 4 nitrogen and oxygen atoms in total. The van der Waals surface area contributed by atoms with Crippen molar-refractivity contribution in [2.75, 3.05) is 9.80 Å². The van der Waals surface area contributed by atoms with Gasteiger partial charge >= 0.3 is 0 Å². The summed E-state index contributed by atoms with van der Waals surface area (Å²) in [6.45, 7) is 19.3. The minimum Gasteiger partial charge on any atom is -0.311 e. The Bertz CT molecular complexity index is 6430. The molecule has 0 unspecified atom stereocenters. The lowest BCUT2D eigenvalue weighted by Crippen LogP contribution is -2.61. The molecule has 0 saturated carbocycles. The minimum absolute atomic E-state index is 0.0677. The molecule has 0 fully saturated rings. The number of hydrogen-bond donors (Lipinski definition) is 0. The first kappa shape index (κ1) is 70.4. The highest BCUT2D eigenvalue weighted by atomic mass is 15.2. The Morgan fingerprint density at radius 3 is 0.778 bits per heavy atom. The molecule has 16 aromatic carbocycles. The molecule has 562 valence electrons. The fourth-order valence-electron chi connectivity index (χ4n) is 20.6. The average Bonchev–Trinajstić information content (AvgIpc) is 0.787. The van der Waals surface area contributed by atoms with Gasteiger partial charge in [-0.05, 0) is 273 Å². The van der Waals surface area contributed by atoms with Gasteiger partial charge in [-0.3, -0.25) is 0 Å². The molecule has 0 atom stereocenters. The van der Waals surface area contributed by atoms with Gasteiger partial charge in [-0.1, -0.05) is 304 Å². The average molecular weight is 1500 g/mol. The first-order valence-corrected chi connectivity index (χ1v) is 42.0. The molecule has 0 amide bonds. The molecule has 0 bridgehead atoms. The van der Waals surface area contributed by atoms with Gasteiger partial charge in [0.25, 0.3) is 6.71 Å². The zero-order valence-corrected chi connectivity index (χ0v) is 67.8. The van der Waals surface area contributed by atoms with Crippen molar-refractivity contribution in [1.29, 1.82) is 0 Å². The zero-order chi connectivity index (χ0) is 78.8. The second-order valence-electron chi connectivity index (χ2n) is 36.1. The summed E-state index contributed by atoms with van der Waals surface area (Å²) in [6.07, 6.45) is 4.67. The number of fused-ring (bicyclic) bond motifs is 12. The van der Waals surface area contributed by atoms with E-state index in [1.807, 2.05) is 0 Å². The van der Waals surface area contributed by atoms with Gasteiger partial charge in [0.15, 0.2) is 0 Å². The van der Waals surface area contributed by atoms with E-state index in [1.165, 1.54) is 140 Å². The quantitative estimate of drug-likeness (QED) is 0.120. The maximum atomic E-state index is 2.63. The topological polar surface area (TPSA) is 16.3 Å². The molecule has 2 aliphatic carbocycles. The molecule has 18 aromatic rings. The Kier molecular flexibility index (Phi) is 16.1. The van der Waals surface area contributed by atoms with Crippen LogP contribution in [-0.2, 0) is 21.7 Å². The Balaban J connectivity index is 0.799. The Morgan fingerprint density at radius 2 is 0.462 bits per heavy atom. The third-order valence-electron chi connectivity index (χ3n) is 27.2. The predicted molar refractivity (Wildman–Crippen MR) is 498 cm³/mol. The van der Waals surface area contributed by atoms with Crippen molar-refractivity contribution in [3.8, 4) is 89.3 Å². The summed E-state index contributed by atoms with van der Waals surface area (Å²) in [4.78, 5) is 5.26. The van der Waals surface area contributed by atoms with E-state index in [1.54, 1.807) is 0 Å². The molecule has 0 saturated heterocycles. The predicted octanol–water partition coefficient (Wildman–Crippen LogP) is 28.3. The molecular weight excluding hydrogens is 1410 g/mol. The number of nitrogens with zero attached hydrogens (tertiary/aromatic N) is 4. The fraction of sp³-hybridized carbons (Fsp3) is 0.143. The van der Waals surface area contributed by atoms with Gasteiger partial charge in [0, 0.05) is 67.0 Å². The molecule has 0 N–H and O–H groups in total. The Hall–Kier alpha value is -13.2. The van der Waals surface area contributed by atoms with Crippen molar-refractivity contribution in [2.24, 2.45) is 0 Å². The molecule has 2 aromatic heterocycles. The van der Waals surface area contributed by atoms with Crippen LogP contribution in [-0.4, -0.2) is 15.8 Å². The molecule has 22 rings (SSSR count). The molecule has 5 heteroatoms. The van der Waals surface area contributed by atoms with Gasteiger partial charge in [0.05, 0.1) is 22.1 Å². The number of aromatic nitrogens is 2. The molecule has 4 heterocycles. The maximum absolute atomic E-state index is 2.63. The second-order valence-corrected chi connectivity index (χ2v) is 36.1. The van der Waals surface area contributed by atoms with Crippen LogP contribution in [0, 0.1) is 0 Å². The van der Waals surface area contributed by atoms with E-state index in [4.69, 9.17) is 0 Å². The molecule has 0 spiro atoms. The lowest BCUT2D eigenvalue weighted by Gasteiger charge is -2.44. The van der Waals surface area contributed by atoms with Gasteiger partial charge in [-0.25, -0.2) is 0 Å². The summed E-state index contributed by atoms with van der Waals surface area (Å²) in [6, 6.07) is 137. The van der Waals surface area contributed by atoms with Crippen molar-refractivity contribution in [2.45, 2.75) is 103 Å². The van der Waals surface area contributed by atoms with Gasteiger partial charge < -0.3 is 18.9 Å². The highest BCUT2D eigenvalue weighted by Crippen LogP contribution is 2.53. The summed E-state index contributed by atoms with van der Waals surface area (Å²) in [5.41, 5.74) is 40.3. The van der Waals surface area contributed by atoms with E-state index in [2.05, 4.69) is 432 Å². The monoisotopic (exact) mass is 1500 g/mol. The summed E-state index contributed by atoms with van der Waals surface area (Å²) in [7, 11) is 0. The maximum Gasteiger partial charge on any atom is 0.252 e. The van der Waals surface area contributed by atoms with E-state index < -0.39 is 0 Å². The minimum atomic E-state index is -0.204. The third kappa shape index (κ3) is 11.5. The van der Waals surface area contributed by atoms with Gasteiger partial charge in [-0.15, -0.1) is 0 Å². The summed E-state index contributed by atoms with van der Waals surface area (Å²) in [5.74, 6) is 0. The molecular formula is C112H91BN4. The van der Waals surface area contributed by atoms with Crippen molar-refractivity contribution >= 4 is 101 Å². The molecule has 0 radical (unpaired) electrons. The van der Waals surface area contributed by atoms with Gasteiger partial charge in [0.1, 0.15) is 0 Å². The van der Waals surface area contributed by atoms with Crippen molar-refractivity contribution in [3.05, 3.63) is 380 Å². The standard InChI is InChI=1S/C112H91BN4/c1-109(2)58-60-111(5,6)96-66-83(38-50-94(96)109)77-34-44-86(45-35-77)114-104-70-88(116-100-54-40-79(72-24-14-9-15-25-72)62-90(100)91-63-80(41-55-101(91)116)73-26-16-10-17-27-73)48-52-98(104)113-99-53-49-89(117-102-56-42-81(74-28-18-11-19-29-74)64-92(102)93-65-82(43-57-103(93)117)75-30-20-12-21-31-75)71-105(99)115(107-69-85(68-106(114)108(107)113)76-32-22-13-23-33-76)87-46-36-78(37-47-87)84-39-51-95-97(67-84)112(7,8)61-59-110(95,3)4/h9-57,62-71H,58-61H2,1-8H3. The van der Waals surface area contributed by atoms with E-state index in [9.17, 15) is 0 Å². The number of rotatable bonds is 11. The number of benzene rings is 16. The van der Waals surface area contributed by atoms with Crippen LogP contribution >= 0.6 is 0 Å². The van der Waals surface area contributed by atoms with E-state index in [0.29, 0.717) is 0 Å². The van der Waals surface area contributed by atoms with Crippen molar-refractivity contribution < 1.29 is 0 Å². The van der Waals surface area contributed by atoms with Crippen LogP contribution in [0.2, 0.25) is 0 Å².